The zero-order valence-corrected chi connectivity index (χ0v) is 16.6. The molecule has 144 valence electrons. The third-order valence-corrected chi connectivity index (χ3v) is 6.39. The predicted molar refractivity (Wildman–Crippen MR) is 110 cm³/mol. The lowest BCUT2D eigenvalue weighted by Crippen LogP contribution is -2.38. The molecule has 0 saturated carbocycles. The van der Waals surface area contributed by atoms with E-state index in [2.05, 4.69) is 19.1 Å². The molecule has 0 amide bonds. The van der Waals surface area contributed by atoms with Crippen LogP contribution in [0.4, 0.5) is 0 Å². The van der Waals surface area contributed by atoms with Crippen LogP contribution in [0.1, 0.15) is 43.4 Å². The first-order valence-electron chi connectivity index (χ1n) is 9.78. The maximum atomic E-state index is 12.7. The van der Waals surface area contributed by atoms with Gasteiger partial charge in [-0.25, -0.2) is 0 Å². The Morgan fingerprint density at radius 1 is 1.07 bits per heavy atom. The second kappa shape index (κ2) is 6.75. The van der Waals surface area contributed by atoms with Gasteiger partial charge in [-0.3, -0.25) is 4.79 Å². The van der Waals surface area contributed by atoms with E-state index in [4.69, 9.17) is 4.74 Å². The molecule has 0 radical (unpaired) electrons. The molecule has 3 aliphatic rings. The van der Waals surface area contributed by atoms with Crippen LogP contribution in [0.5, 0.6) is 0 Å². The third-order valence-electron chi connectivity index (χ3n) is 6.39. The number of hydrogen-bond donors (Lipinski definition) is 1. The molecule has 3 heteroatoms. The normalized spacial score (nSPS) is 32.1. The number of carbonyl (C=O) groups is 1. The van der Waals surface area contributed by atoms with Gasteiger partial charge in [-0.15, -0.1) is 0 Å². The summed E-state index contributed by atoms with van der Waals surface area (Å²) in [5, 5.41) is 12.1. The van der Waals surface area contributed by atoms with Gasteiger partial charge in [0.2, 0.25) is 0 Å². The molecule has 5 rings (SSSR count). The van der Waals surface area contributed by atoms with Gasteiger partial charge in [0.25, 0.3) is 0 Å². The molecular weight excluding hydrogens is 348 g/mol. The highest BCUT2D eigenvalue weighted by Gasteiger charge is 2.42. The van der Waals surface area contributed by atoms with E-state index in [0.29, 0.717) is 6.61 Å². The molecule has 2 heterocycles. The molecule has 4 bridgehead atoms. The highest BCUT2D eigenvalue weighted by molar-refractivity contribution is 5.78. The minimum atomic E-state index is -1.22. The van der Waals surface area contributed by atoms with Crippen molar-refractivity contribution in [1.29, 1.82) is 0 Å². The summed E-state index contributed by atoms with van der Waals surface area (Å²) in [5.41, 5.74) is 1.96. The van der Waals surface area contributed by atoms with Gasteiger partial charge in [0.05, 0.1) is 5.92 Å². The Morgan fingerprint density at radius 2 is 1.79 bits per heavy atom. The number of fused-ring (bicyclic) bond motifs is 3. The SMILES string of the molecule is CC1=CC2C=C[C@@]1(C)COC(=O)[C@@H](C)c1cccc(c1)[C@@]2(O)c1ccccc1. The Labute approximate surface area is 166 Å². The summed E-state index contributed by atoms with van der Waals surface area (Å²) < 4.78 is 5.67. The summed E-state index contributed by atoms with van der Waals surface area (Å²) >= 11 is 0. The van der Waals surface area contributed by atoms with Crippen molar-refractivity contribution in [2.24, 2.45) is 11.3 Å². The van der Waals surface area contributed by atoms with Crippen LogP contribution in [0, 0.1) is 11.3 Å². The molecule has 28 heavy (non-hydrogen) atoms. The molecule has 1 N–H and O–H groups in total. The number of esters is 1. The Balaban J connectivity index is 1.97. The van der Waals surface area contributed by atoms with Gasteiger partial charge in [-0.05, 0) is 37.5 Å². The van der Waals surface area contributed by atoms with E-state index < -0.39 is 11.5 Å². The minimum Gasteiger partial charge on any atom is -0.464 e. The lowest BCUT2D eigenvalue weighted by Gasteiger charge is -2.40. The first kappa shape index (κ1) is 18.7. The fraction of sp³-hybridized carbons (Fsp3) is 0.320. The van der Waals surface area contributed by atoms with E-state index in [9.17, 15) is 9.90 Å². The van der Waals surface area contributed by atoms with E-state index in [1.165, 1.54) is 0 Å². The summed E-state index contributed by atoms with van der Waals surface area (Å²) in [4.78, 5) is 12.7. The Hall–Kier alpha value is -2.65. The lowest BCUT2D eigenvalue weighted by atomic mass is 9.69. The van der Waals surface area contributed by atoms with Crippen LogP contribution >= 0.6 is 0 Å². The smallest absolute Gasteiger partial charge is 0.313 e. The molecule has 3 nitrogen and oxygen atoms in total. The zero-order chi connectivity index (χ0) is 19.9. The number of aliphatic hydroxyl groups is 1. The van der Waals surface area contributed by atoms with Crippen molar-refractivity contribution in [3.63, 3.8) is 0 Å². The van der Waals surface area contributed by atoms with Gasteiger partial charge < -0.3 is 9.84 Å². The standard InChI is InChI=1S/C25H26O3/c1-17-14-22-12-13-24(17,3)16-28-23(26)18(2)19-8-7-11-21(15-19)25(22,27)20-9-5-4-6-10-20/h4-15,18,22,27H,16H2,1-3H3/t18-,22?,24-,25-/m0/s1. The molecule has 1 unspecified atom stereocenters. The monoisotopic (exact) mass is 374 g/mol. The Morgan fingerprint density at radius 3 is 2.50 bits per heavy atom. The van der Waals surface area contributed by atoms with Gasteiger partial charge >= 0.3 is 5.97 Å². The van der Waals surface area contributed by atoms with Gasteiger partial charge in [-0.1, -0.05) is 78.4 Å². The maximum Gasteiger partial charge on any atom is 0.313 e. The molecule has 1 aliphatic carbocycles. The molecule has 0 aromatic heterocycles. The summed E-state index contributed by atoms with van der Waals surface area (Å²) in [5.74, 6) is -0.857. The largest absolute Gasteiger partial charge is 0.464 e. The molecule has 0 spiro atoms. The van der Waals surface area contributed by atoms with E-state index in [0.717, 1.165) is 22.3 Å². The zero-order valence-electron chi connectivity index (χ0n) is 16.6. The van der Waals surface area contributed by atoms with Crippen molar-refractivity contribution in [3.05, 3.63) is 95.1 Å². The fourth-order valence-electron chi connectivity index (χ4n) is 4.16. The summed E-state index contributed by atoms with van der Waals surface area (Å²) in [7, 11) is 0. The van der Waals surface area contributed by atoms with Crippen molar-refractivity contribution in [2.45, 2.75) is 32.3 Å². The highest BCUT2D eigenvalue weighted by atomic mass is 16.5. The molecule has 2 aliphatic heterocycles. The first-order chi connectivity index (χ1) is 13.3. The number of carbonyl (C=O) groups excluding carboxylic acids is 1. The highest BCUT2D eigenvalue weighted by Crippen LogP contribution is 2.45. The van der Waals surface area contributed by atoms with Crippen molar-refractivity contribution in [1.82, 2.24) is 0 Å². The molecule has 4 atom stereocenters. The number of rotatable bonds is 1. The van der Waals surface area contributed by atoms with E-state index in [1.807, 2.05) is 74.5 Å². The summed E-state index contributed by atoms with van der Waals surface area (Å²) in [6, 6.07) is 17.5. The Bertz CT molecular complexity index is 959. The van der Waals surface area contributed by atoms with Crippen molar-refractivity contribution < 1.29 is 14.6 Å². The molecular formula is C25H26O3. The summed E-state index contributed by atoms with van der Waals surface area (Å²) in [6.07, 6.45) is 6.23. The average Bonchev–Trinajstić information content (AvgIpc) is 2.73. The molecule has 2 aromatic rings. The fourth-order valence-corrected chi connectivity index (χ4v) is 4.16. The van der Waals surface area contributed by atoms with Gasteiger partial charge in [-0.2, -0.15) is 0 Å². The van der Waals surface area contributed by atoms with Crippen molar-refractivity contribution >= 4 is 5.97 Å². The van der Waals surface area contributed by atoms with Crippen LogP contribution in [-0.2, 0) is 15.1 Å². The maximum absolute atomic E-state index is 12.7. The summed E-state index contributed by atoms with van der Waals surface area (Å²) in [6.45, 7) is 6.26. The molecule has 0 saturated heterocycles. The number of ether oxygens (including phenoxy) is 1. The first-order valence-corrected chi connectivity index (χ1v) is 9.78. The third kappa shape index (κ3) is 2.91. The van der Waals surface area contributed by atoms with Crippen LogP contribution < -0.4 is 0 Å². The molecule has 2 aromatic carbocycles. The topological polar surface area (TPSA) is 46.5 Å². The van der Waals surface area contributed by atoms with Crippen molar-refractivity contribution in [2.75, 3.05) is 6.61 Å². The van der Waals surface area contributed by atoms with E-state index in [1.54, 1.807) is 0 Å². The van der Waals surface area contributed by atoms with E-state index in [-0.39, 0.29) is 17.3 Å². The predicted octanol–water partition coefficient (Wildman–Crippen LogP) is 4.72. The minimum absolute atomic E-state index is 0.219. The van der Waals surface area contributed by atoms with Gasteiger partial charge in [0, 0.05) is 11.3 Å². The lowest BCUT2D eigenvalue weighted by molar-refractivity contribution is -0.147. The number of hydrogen-bond acceptors (Lipinski definition) is 3. The van der Waals surface area contributed by atoms with Crippen molar-refractivity contribution in [3.8, 4) is 0 Å². The van der Waals surface area contributed by atoms with Crippen LogP contribution in [0.2, 0.25) is 0 Å². The van der Waals surface area contributed by atoms with Crippen LogP contribution in [0.25, 0.3) is 0 Å². The Kier molecular flexibility index (Phi) is 4.51. The quantitative estimate of drug-likeness (QED) is 0.580. The van der Waals surface area contributed by atoms with Crippen LogP contribution in [0.15, 0.2) is 78.4 Å². The van der Waals surface area contributed by atoms with Gasteiger partial charge in [0.15, 0.2) is 0 Å². The van der Waals surface area contributed by atoms with Crippen LogP contribution in [0.3, 0.4) is 0 Å². The second-order valence-electron chi connectivity index (χ2n) is 8.24. The average molecular weight is 374 g/mol. The van der Waals surface area contributed by atoms with Crippen LogP contribution in [-0.4, -0.2) is 17.7 Å². The number of benzene rings is 2. The second-order valence-corrected chi connectivity index (χ2v) is 8.24. The molecule has 0 fully saturated rings. The van der Waals surface area contributed by atoms with Gasteiger partial charge in [0.1, 0.15) is 12.2 Å². The van der Waals surface area contributed by atoms with E-state index >= 15 is 0 Å².